The van der Waals surface area contributed by atoms with Gasteiger partial charge in [-0.25, -0.2) is 4.79 Å². The maximum atomic E-state index is 12.6. The van der Waals surface area contributed by atoms with E-state index in [0.29, 0.717) is 28.8 Å². The highest BCUT2D eigenvalue weighted by Crippen LogP contribution is 2.25. The first-order valence-electron chi connectivity index (χ1n) is 9.38. The molecule has 1 atom stereocenters. The summed E-state index contributed by atoms with van der Waals surface area (Å²) in [5.74, 6) is -0.874. The van der Waals surface area contributed by atoms with Crippen molar-refractivity contribution < 1.29 is 24.2 Å². The Morgan fingerprint density at radius 1 is 1.13 bits per heavy atom. The normalized spacial score (nSPS) is 12.3. The van der Waals surface area contributed by atoms with Crippen LogP contribution in [-0.4, -0.2) is 42.3 Å². The fraction of sp³-hybridized carbons (Fsp3) is 0.364. The van der Waals surface area contributed by atoms with Gasteiger partial charge >= 0.3 is 5.97 Å². The van der Waals surface area contributed by atoms with E-state index in [1.165, 1.54) is 7.11 Å². The molecule has 0 saturated carbocycles. The van der Waals surface area contributed by atoms with Crippen LogP contribution in [0, 0.1) is 0 Å². The first kappa shape index (κ1) is 24.0. The molecule has 2 N–H and O–H groups in total. The van der Waals surface area contributed by atoms with Gasteiger partial charge in [-0.1, -0.05) is 41.4 Å². The molecule has 1 amide bonds. The zero-order valence-corrected chi connectivity index (χ0v) is 18.6. The van der Waals surface area contributed by atoms with E-state index in [1.807, 2.05) is 0 Å². The maximum Gasteiger partial charge on any atom is 0.333 e. The number of halogens is 2. The number of carbonyl (C=O) groups is 2. The first-order chi connectivity index (χ1) is 14.1. The second-order valence-corrected chi connectivity index (χ2v) is 8.05. The molecule has 0 aliphatic heterocycles. The second-order valence-electron chi connectivity index (χ2n) is 7.23. The van der Waals surface area contributed by atoms with E-state index in [2.05, 4.69) is 5.32 Å². The molecule has 0 aliphatic rings. The molecule has 2 aromatic carbocycles. The van der Waals surface area contributed by atoms with E-state index in [9.17, 15) is 9.59 Å². The number of rotatable bonds is 10. The standard InChI is InChI=1S/C22H25Cl2NO5/c1-22(2,21(28)25-11-10-16-17(23)8-5-9-18(16)24)30-15-7-4-6-14(12-15)13-19(29-3)20(26)27/h4-9,12,19H,10-11,13H2,1-3H3,(H,25,28)(H,26,27)/t19-/m0/s1. The highest BCUT2D eigenvalue weighted by atomic mass is 35.5. The summed E-state index contributed by atoms with van der Waals surface area (Å²) >= 11 is 12.3. The fourth-order valence-electron chi connectivity index (χ4n) is 2.85. The number of carboxylic acid groups (broad SMARTS) is 1. The highest BCUT2D eigenvalue weighted by molar-refractivity contribution is 6.36. The van der Waals surface area contributed by atoms with Gasteiger partial charge in [-0.2, -0.15) is 0 Å². The summed E-state index contributed by atoms with van der Waals surface area (Å²) in [6.07, 6.45) is -0.273. The largest absolute Gasteiger partial charge is 0.479 e. The molecule has 0 fully saturated rings. The quantitative estimate of drug-likeness (QED) is 0.564. The average molecular weight is 454 g/mol. The average Bonchev–Trinajstić information content (AvgIpc) is 2.68. The van der Waals surface area contributed by atoms with E-state index in [0.717, 1.165) is 11.1 Å². The van der Waals surface area contributed by atoms with Crippen molar-refractivity contribution in [3.8, 4) is 5.75 Å². The monoisotopic (exact) mass is 453 g/mol. The van der Waals surface area contributed by atoms with E-state index in [-0.39, 0.29) is 12.3 Å². The van der Waals surface area contributed by atoms with Crippen LogP contribution in [0.25, 0.3) is 0 Å². The number of nitrogens with one attached hydrogen (secondary N) is 1. The number of carbonyl (C=O) groups excluding carboxylic acids is 1. The van der Waals surface area contributed by atoms with Crippen LogP contribution in [-0.2, 0) is 27.2 Å². The van der Waals surface area contributed by atoms with Crippen molar-refractivity contribution >= 4 is 35.1 Å². The van der Waals surface area contributed by atoms with E-state index >= 15 is 0 Å². The Labute approximate surface area is 186 Å². The SMILES string of the molecule is CO[C@@H](Cc1cccc(OC(C)(C)C(=O)NCCc2c(Cl)cccc2Cl)c1)C(=O)O. The van der Waals surface area contributed by atoms with Gasteiger partial charge < -0.3 is 19.9 Å². The van der Waals surface area contributed by atoms with Crippen molar-refractivity contribution in [2.45, 2.75) is 38.4 Å². The number of methoxy groups -OCH3 is 1. The van der Waals surface area contributed by atoms with Crippen LogP contribution in [0.5, 0.6) is 5.75 Å². The molecular formula is C22H25Cl2NO5. The summed E-state index contributed by atoms with van der Waals surface area (Å²) < 4.78 is 10.8. The van der Waals surface area contributed by atoms with Crippen LogP contribution in [0.1, 0.15) is 25.0 Å². The lowest BCUT2D eigenvalue weighted by Crippen LogP contribution is -2.47. The van der Waals surface area contributed by atoms with Gasteiger partial charge in [0.15, 0.2) is 11.7 Å². The molecule has 2 aromatic rings. The van der Waals surface area contributed by atoms with Gasteiger partial charge in [-0.3, -0.25) is 4.79 Å². The van der Waals surface area contributed by atoms with Crippen molar-refractivity contribution in [1.29, 1.82) is 0 Å². The van der Waals surface area contributed by atoms with Crippen molar-refractivity contribution in [3.63, 3.8) is 0 Å². The van der Waals surface area contributed by atoms with E-state index in [1.54, 1.807) is 56.3 Å². The summed E-state index contributed by atoms with van der Waals surface area (Å²) in [4.78, 5) is 23.8. The third-order valence-corrected chi connectivity index (χ3v) is 5.23. The summed E-state index contributed by atoms with van der Waals surface area (Å²) in [6.45, 7) is 3.67. The topological polar surface area (TPSA) is 84.9 Å². The molecule has 0 aromatic heterocycles. The molecule has 0 unspecified atom stereocenters. The molecule has 0 spiro atoms. The number of benzene rings is 2. The Balaban J connectivity index is 1.97. The molecule has 6 nitrogen and oxygen atoms in total. The van der Waals surface area contributed by atoms with Crippen LogP contribution in [0.15, 0.2) is 42.5 Å². The number of hydrogen-bond donors (Lipinski definition) is 2. The fourth-order valence-corrected chi connectivity index (χ4v) is 3.43. The Kier molecular flexibility index (Phi) is 8.53. The molecular weight excluding hydrogens is 429 g/mol. The van der Waals surface area contributed by atoms with Crippen molar-refractivity contribution in [2.75, 3.05) is 13.7 Å². The third-order valence-electron chi connectivity index (χ3n) is 4.52. The molecule has 162 valence electrons. The van der Waals surface area contributed by atoms with Gasteiger partial charge in [0, 0.05) is 30.1 Å². The van der Waals surface area contributed by atoms with Gasteiger partial charge in [0.1, 0.15) is 5.75 Å². The zero-order chi connectivity index (χ0) is 22.3. The third kappa shape index (κ3) is 6.62. The van der Waals surface area contributed by atoms with E-state index < -0.39 is 17.7 Å². The van der Waals surface area contributed by atoms with Gasteiger partial charge in [0.05, 0.1) is 0 Å². The molecule has 0 bridgehead atoms. The summed E-state index contributed by atoms with van der Waals surface area (Å²) in [6, 6.07) is 12.2. The molecule has 0 heterocycles. The van der Waals surface area contributed by atoms with Gasteiger partial charge in [0.2, 0.25) is 0 Å². The minimum atomic E-state index is -1.14. The lowest BCUT2D eigenvalue weighted by molar-refractivity contribution is -0.148. The highest BCUT2D eigenvalue weighted by Gasteiger charge is 2.30. The predicted octanol–water partition coefficient (Wildman–Crippen LogP) is 4.15. The van der Waals surface area contributed by atoms with Crippen molar-refractivity contribution in [1.82, 2.24) is 5.32 Å². The number of amides is 1. The molecule has 0 radical (unpaired) electrons. The summed E-state index contributed by atoms with van der Waals surface area (Å²) in [5.41, 5.74) is 0.362. The molecule has 0 saturated heterocycles. The predicted molar refractivity (Wildman–Crippen MR) is 116 cm³/mol. The number of aliphatic carboxylic acids is 1. The molecule has 8 heteroatoms. The molecule has 0 aliphatic carbocycles. The number of ether oxygens (including phenoxy) is 2. The number of carboxylic acids is 1. The maximum absolute atomic E-state index is 12.6. The van der Waals surface area contributed by atoms with Crippen molar-refractivity contribution in [3.05, 3.63) is 63.6 Å². The van der Waals surface area contributed by atoms with Gasteiger partial charge in [-0.15, -0.1) is 0 Å². The number of hydrogen-bond acceptors (Lipinski definition) is 4. The minimum Gasteiger partial charge on any atom is -0.479 e. The Morgan fingerprint density at radius 3 is 2.37 bits per heavy atom. The van der Waals surface area contributed by atoms with Crippen LogP contribution in [0.2, 0.25) is 10.0 Å². The van der Waals surface area contributed by atoms with Crippen molar-refractivity contribution in [2.24, 2.45) is 0 Å². The Hall–Kier alpha value is -2.28. The van der Waals surface area contributed by atoms with Crippen LogP contribution in [0.4, 0.5) is 0 Å². The minimum absolute atomic E-state index is 0.189. The smallest absolute Gasteiger partial charge is 0.333 e. The lowest BCUT2D eigenvalue weighted by Gasteiger charge is -2.26. The first-order valence-corrected chi connectivity index (χ1v) is 10.1. The zero-order valence-electron chi connectivity index (χ0n) is 17.1. The van der Waals surface area contributed by atoms with Crippen LogP contribution >= 0.6 is 23.2 Å². The van der Waals surface area contributed by atoms with Gasteiger partial charge in [-0.05, 0) is 55.7 Å². The summed E-state index contributed by atoms with van der Waals surface area (Å²) in [5, 5.41) is 13.1. The second kappa shape index (κ2) is 10.7. The Morgan fingerprint density at radius 2 is 1.77 bits per heavy atom. The molecule has 2 rings (SSSR count). The van der Waals surface area contributed by atoms with Crippen LogP contribution < -0.4 is 10.1 Å². The summed E-state index contributed by atoms with van der Waals surface area (Å²) in [7, 11) is 1.35. The Bertz CT molecular complexity index is 881. The van der Waals surface area contributed by atoms with Gasteiger partial charge in [0.25, 0.3) is 5.91 Å². The lowest BCUT2D eigenvalue weighted by atomic mass is 10.1. The molecule has 30 heavy (non-hydrogen) atoms. The van der Waals surface area contributed by atoms with E-state index in [4.69, 9.17) is 37.8 Å². The van der Waals surface area contributed by atoms with Crippen LogP contribution in [0.3, 0.4) is 0 Å².